The van der Waals surface area contributed by atoms with Crippen LogP contribution in [-0.4, -0.2) is 24.7 Å². The van der Waals surface area contributed by atoms with Crippen LogP contribution in [0.3, 0.4) is 0 Å². The molecule has 3 aromatic carbocycles. The van der Waals surface area contributed by atoms with Crippen molar-refractivity contribution in [2.24, 2.45) is 5.10 Å². The van der Waals surface area contributed by atoms with Gasteiger partial charge in [-0.3, -0.25) is 20.3 Å². The minimum Gasteiger partial charge on any atom is -0.507 e. The summed E-state index contributed by atoms with van der Waals surface area (Å²) in [6.45, 7) is 0. The fourth-order valence-electron chi connectivity index (χ4n) is 2.41. The van der Waals surface area contributed by atoms with Gasteiger partial charge in [0.15, 0.2) is 0 Å². The normalized spacial score (nSPS) is 11.3. The topological polar surface area (TPSA) is 134 Å². The van der Waals surface area contributed by atoms with E-state index < -0.39 is 20.6 Å². The summed E-state index contributed by atoms with van der Waals surface area (Å²) in [6.07, 6.45) is 1.29. The third-order valence-corrected chi connectivity index (χ3v) is 5.21. The fraction of sp³-hybridized carbons (Fsp3) is 0. The van der Waals surface area contributed by atoms with Gasteiger partial charge in [0, 0.05) is 17.3 Å². The van der Waals surface area contributed by atoms with Gasteiger partial charge in [0.2, 0.25) is 0 Å². The van der Waals surface area contributed by atoms with Crippen molar-refractivity contribution in [2.75, 3.05) is 10.1 Å². The van der Waals surface area contributed by atoms with E-state index in [0.717, 1.165) is 6.07 Å². The first-order valence-corrected chi connectivity index (χ1v) is 9.78. The van der Waals surface area contributed by atoms with Crippen LogP contribution in [0.1, 0.15) is 5.56 Å². The maximum absolute atomic E-state index is 12.5. The minimum absolute atomic E-state index is 0.000307. The third-order valence-electron chi connectivity index (χ3n) is 3.83. The molecule has 3 aromatic rings. The smallest absolute Gasteiger partial charge is 0.295 e. The highest BCUT2D eigenvalue weighted by molar-refractivity contribution is 7.92. The molecule has 0 spiro atoms. The van der Waals surface area contributed by atoms with Crippen LogP contribution >= 0.6 is 0 Å². The Kier molecular flexibility index (Phi) is 5.74. The number of benzene rings is 3. The number of phenolic OH excluding ortho intramolecular Hbond substituents is 1. The first-order valence-electron chi connectivity index (χ1n) is 8.30. The van der Waals surface area contributed by atoms with Crippen molar-refractivity contribution in [2.45, 2.75) is 4.90 Å². The van der Waals surface area contributed by atoms with Crippen molar-refractivity contribution >= 4 is 33.3 Å². The van der Waals surface area contributed by atoms with Gasteiger partial charge < -0.3 is 5.11 Å². The van der Waals surface area contributed by atoms with Gasteiger partial charge in [-0.05, 0) is 36.4 Å². The molecule has 0 aliphatic rings. The second-order valence-electron chi connectivity index (χ2n) is 5.84. The highest BCUT2D eigenvalue weighted by Crippen LogP contribution is 2.28. The van der Waals surface area contributed by atoms with Crippen molar-refractivity contribution in [1.82, 2.24) is 0 Å². The molecule has 0 bridgehead atoms. The monoisotopic (exact) mass is 412 g/mol. The molecule has 3 rings (SSSR count). The predicted octanol–water partition coefficient (Wildman–Crippen LogP) is 3.55. The molecule has 0 atom stereocenters. The summed E-state index contributed by atoms with van der Waals surface area (Å²) >= 11 is 0. The Bertz CT molecular complexity index is 1160. The molecule has 0 radical (unpaired) electrons. The van der Waals surface area contributed by atoms with E-state index in [2.05, 4.69) is 15.2 Å². The van der Waals surface area contributed by atoms with E-state index in [9.17, 15) is 23.6 Å². The number of anilines is 2. The first-order chi connectivity index (χ1) is 13.9. The van der Waals surface area contributed by atoms with Crippen LogP contribution in [0, 0.1) is 10.1 Å². The SMILES string of the molecule is O=[N+]([O-])c1cc(S(=O)(=O)Nc2ccccc2)ccc1N/N=C\c1ccccc1O. The zero-order valence-corrected chi connectivity index (χ0v) is 15.7. The maximum Gasteiger partial charge on any atom is 0.295 e. The molecule has 0 aromatic heterocycles. The van der Waals surface area contributed by atoms with Crippen LogP contribution in [0.2, 0.25) is 0 Å². The van der Waals surface area contributed by atoms with E-state index in [4.69, 9.17) is 0 Å². The Morgan fingerprint density at radius 1 is 1.00 bits per heavy atom. The number of nitro benzene ring substituents is 1. The molecular weight excluding hydrogens is 396 g/mol. The number of nitrogens with zero attached hydrogens (tertiary/aromatic N) is 2. The Morgan fingerprint density at radius 3 is 2.38 bits per heavy atom. The van der Waals surface area contributed by atoms with Crippen LogP contribution in [-0.2, 0) is 10.0 Å². The number of nitro groups is 1. The number of aromatic hydroxyl groups is 1. The van der Waals surface area contributed by atoms with Gasteiger partial charge in [0.1, 0.15) is 11.4 Å². The predicted molar refractivity (Wildman–Crippen MR) is 110 cm³/mol. The van der Waals surface area contributed by atoms with Gasteiger partial charge >= 0.3 is 0 Å². The summed E-state index contributed by atoms with van der Waals surface area (Å²) in [5.74, 6) is 0.000905. The molecule has 3 N–H and O–H groups in total. The quantitative estimate of drug-likeness (QED) is 0.309. The number of rotatable bonds is 7. The van der Waals surface area contributed by atoms with Crippen molar-refractivity contribution in [3.63, 3.8) is 0 Å². The lowest BCUT2D eigenvalue weighted by Gasteiger charge is -2.09. The average Bonchev–Trinajstić information content (AvgIpc) is 2.70. The van der Waals surface area contributed by atoms with Gasteiger partial charge in [-0.25, -0.2) is 8.42 Å². The summed E-state index contributed by atoms with van der Waals surface area (Å²) in [6, 6.07) is 18.0. The molecule has 148 valence electrons. The molecule has 0 amide bonds. The number of hydrogen-bond acceptors (Lipinski definition) is 7. The minimum atomic E-state index is -4.01. The van der Waals surface area contributed by atoms with Crippen LogP contribution < -0.4 is 10.1 Å². The molecule has 29 heavy (non-hydrogen) atoms. The fourth-order valence-corrected chi connectivity index (χ4v) is 3.49. The maximum atomic E-state index is 12.5. The van der Waals surface area contributed by atoms with Gasteiger partial charge in [0.25, 0.3) is 15.7 Å². The molecule has 0 heterocycles. The number of nitrogens with one attached hydrogen (secondary N) is 2. The van der Waals surface area contributed by atoms with Crippen molar-refractivity contribution < 1.29 is 18.4 Å². The standard InChI is InChI=1S/C19H16N4O5S/c24-19-9-5-4-6-14(19)13-20-21-17-11-10-16(12-18(17)23(25)26)29(27,28)22-15-7-2-1-3-8-15/h1-13,21-22,24H/b20-13-. The van der Waals surface area contributed by atoms with Crippen LogP contribution in [0.15, 0.2) is 82.8 Å². The summed E-state index contributed by atoms with van der Waals surface area (Å²) in [5, 5.41) is 25.0. The summed E-state index contributed by atoms with van der Waals surface area (Å²) in [4.78, 5) is 10.4. The lowest BCUT2D eigenvalue weighted by atomic mass is 10.2. The van der Waals surface area contributed by atoms with E-state index in [1.165, 1.54) is 24.4 Å². The van der Waals surface area contributed by atoms with Gasteiger partial charge in [0.05, 0.1) is 16.0 Å². The summed E-state index contributed by atoms with van der Waals surface area (Å²) in [5.41, 5.74) is 2.79. The molecular formula is C19H16N4O5S. The highest BCUT2D eigenvalue weighted by Gasteiger charge is 2.21. The van der Waals surface area contributed by atoms with Crippen molar-refractivity contribution in [1.29, 1.82) is 0 Å². The second-order valence-corrected chi connectivity index (χ2v) is 7.52. The number of para-hydroxylation sites is 2. The van der Waals surface area contributed by atoms with Crippen molar-refractivity contribution in [3.8, 4) is 5.75 Å². The zero-order valence-electron chi connectivity index (χ0n) is 14.9. The molecule has 0 saturated heterocycles. The number of hydrazone groups is 1. The molecule has 0 unspecified atom stereocenters. The van der Waals surface area contributed by atoms with Gasteiger partial charge in [-0.15, -0.1) is 0 Å². The summed E-state index contributed by atoms with van der Waals surface area (Å²) < 4.78 is 27.4. The van der Waals surface area contributed by atoms with Gasteiger partial charge in [-0.1, -0.05) is 30.3 Å². The molecule has 9 nitrogen and oxygen atoms in total. The van der Waals surface area contributed by atoms with E-state index in [0.29, 0.717) is 11.3 Å². The number of phenols is 1. The lowest BCUT2D eigenvalue weighted by molar-refractivity contribution is -0.384. The third kappa shape index (κ3) is 4.87. The van der Waals surface area contributed by atoms with E-state index >= 15 is 0 Å². The Hall–Kier alpha value is -3.92. The Balaban J connectivity index is 1.85. The molecule has 0 aliphatic carbocycles. The molecule has 0 saturated carbocycles. The van der Waals surface area contributed by atoms with Crippen molar-refractivity contribution in [3.05, 3.63) is 88.5 Å². The van der Waals surface area contributed by atoms with Crippen LogP contribution in [0.4, 0.5) is 17.1 Å². The van der Waals surface area contributed by atoms with E-state index in [1.807, 2.05) is 0 Å². The number of sulfonamides is 1. The van der Waals surface area contributed by atoms with E-state index in [-0.39, 0.29) is 16.3 Å². The zero-order chi connectivity index (χ0) is 20.9. The first kappa shape index (κ1) is 19.8. The lowest BCUT2D eigenvalue weighted by Crippen LogP contribution is -2.13. The Morgan fingerprint density at radius 2 is 1.69 bits per heavy atom. The number of hydrogen-bond donors (Lipinski definition) is 3. The average molecular weight is 412 g/mol. The highest BCUT2D eigenvalue weighted by atomic mass is 32.2. The Labute approximate surface area is 166 Å². The molecule has 0 aliphatic heterocycles. The second kappa shape index (κ2) is 8.40. The largest absolute Gasteiger partial charge is 0.507 e. The van der Waals surface area contributed by atoms with Gasteiger partial charge in [-0.2, -0.15) is 5.10 Å². The molecule has 10 heteroatoms. The van der Waals surface area contributed by atoms with Crippen LogP contribution in [0.5, 0.6) is 5.75 Å². The molecule has 0 fully saturated rings. The van der Waals surface area contributed by atoms with Crippen LogP contribution in [0.25, 0.3) is 0 Å². The van der Waals surface area contributed by atoms with E-state index in [1.54, 1.807) is 48.5 Å². The summed E-state index contributed by atoms with van der Waals surface area (Å²) in [7, 11) is -4.01.